The number of allylic oxidation sites excluding steroid dienone is 9. The van der Waals surface area contributed by atoms with Crippen molar-refractivity contribution in [3.05, 3.63) is 60.8 Å². The van der Waals surface area contributed by atoms with Crippen molar-refractivity contribution < 1.29 is 37.6 Å². The number of unbranched alkanes of at least 4 members (excludes halogenated alkanes) is 14. The lowest BCUT2D eigenvalue weighted by molar-refractivity contribution is -0.160. The van der Waals surface area contributed by atoms with Gasteiger partial charge in [-0.05, 0) is 38.5 Å². The standard InChI is InChI=1S/C41H72NO8P/c1-3-5-7-9-11-13-15-17-19-21-23-25-27-29-31-33-40(43)47-37-39(38-49-51(45,46)48-36-35-42)50-41(44)34-32-30-28-26-24-22-20-18-16-14-12-10-8-6-4-2/h6,8,12,14,18,20,24,26,30,32,39H,3-5,7,9-11,13,15-17,19,21-23,25,27-29,31,33-38,42H2,1-2H3,(H,45,46)/b8-6-,14-12-,20-18-,26-24-,32-30-. The predicted molar refractivity (Wildman–Crippen MR) is 210 cm³/mol. The summed E-state index contributed by atoms with van der Waals surface area (Å²) >= 11 is 0. The second kappa shape index (κ2) is 37.5. The molecule has 51 heavy (non-hydrogen) atoms. The SMILES string of the molecule is CC/C=C\C/C=C\C/C=C\C/C=C\C/C=C\CC(=O)OC(COC(=O)CCCCCCCCCCCCCCCCC)COP(=O)(O)OCCN. The zero-order valence-corrected chi connectivity index (χ0v) is 33.0. The van der Waals surface area contributed by atoms with E-state index in [9.17, 15) is 19.0 Å². The Bertz CT molecular complexity index is 1020. The lowest BCUT2D eigenvalue weighted by atomic mass is 10.0. The van der Waals surface area contributed by atoms with Crippen LogP contribution in [0.2, 0.25) is 0 Å². The minimum Gasteiger partial charge on any atom is -0.462 e. The molecule has 2 unspecified atom stereocenters. The Morgan fingerprint density at radius 3 is 1.53 bits per heavy atom. The number of esters is 2. The molecule has 0 aliphatic heterocycles. The van der Waals surface area contributed by atoms with Crippen molar-refractivity contribution in [3.63, 3.8) is 0 Å². The van der Waals surface area contributed by atoms with E-state index in [1.807, 2.05) is 12.2 Å². The molecule has 2 atom stereocenters. The summed E-state index contributed by atoms with van der Waals surface area (Å²) < 4.78 is 32.5. The number of ether oxygens (including phenoxy) is 2. The van der Waals surface area contributed by atoms with Crippen LogP contribution < -0.4 is 5.73 Å². The fourth-order valence-electron chi connectivity index (χ4n) is 5.06. The summed E-state index contributed by atoms with van der Waals surface area (Å²) in [4.78, 5) is 34.7. The number of hydrogen-bond acceptors (Lipinski definition) is 8. The van der Waals surface area contributed by atoms with Crippen molar-refractivity contribution in [2.75, 3.05) is 26.4 Å². The lowest BCUT2D eigenvalue weighted by Gasteiger charge is -2.19. The molecule has 0 aromatic rings. The van der Waals surface area contributed by atoms with Gasteiger partial charge in [-0.3, -0.25) is 18.6 Å². The second-order valence-electron chi connectivity index (χ2n) is 12.8. The van der Waals surface area contributed by atoms with Crippen LogP contribution >= 0.6 is 7.82 Å². The minimum atomic E-state index is -4.40. The van der Waals surface area contributed by atoms with Gasteiger partial charge in [0.2, 0.25) is 0 Å². The van der Waals surface area contributed by atoms with Gasteiger partial charge in [0.25, 0.3) is 0 Å². The summed E-state index contributed by atoms with van der Waals surface area (Å²) in [5, 5.41) is 0. The summed E-state index contributed by atoms with van der Waals surface area (Å²) in [5.74, 6) is -0.978. The number of rotatable bonds is 36. The maximum atomic E-state index is 12.5. The van der Waals surface area contributed by atoms with Crippen molar-refractivity contribution in [1.82, 2.24) is 0 Å². The summed E-state index contributed by atoms with van der Waals surface area (Å²) in [5.41, 5.74) is 5.33. The first kappa shape index (κ1) is 48.7. The molecule has 0 spiro atoms. The molecule has 0 saturated carbocycles. The van der Waals surface area contributed by atoms with Crippen LogP contribution in [0.5, 0.6) is 0 Å². The normalized spacial score (nSPS) is 14.0. The van der Waals surface area contributed by atoms with Crippen LogP contribution in [-0.2, 0) is 32.7 Å². The van der Waals surface area contributed by atoms with Gasteiger partial charge in [-0.1, -0.05) is 164 Å². The van der Waals surface area contributed by atoms with E-state index < -0.39 is 32.5 Å². The van der Waals surface area contributed by atoms with Gasteiger partial charge in [0.1, 0.15) is 6.61 Å². The number of carbonyl (C=O) groups is 2. The molecule has 0 saturated heterocycles. The average Bonchev–Trinajstić information content (AvgIpc) is 3.11. The van der Waals surface area contributed by atoms with Gasteiger partial charge < -0.3 is 20.1 Å². The summed E-state index contributed by atoms with van der Waals surface area (Å²) in [6.45, 7) is 3.49. The van der Waals surface area contributed by atoms with E-state index in [0.717, 1.165) is 44.9 Å². The molecule has 10 heteroatoms. The highest BCUT2D eigenvalue weighted by atomic mass is 31.2. The van der Waals surface area contributed by atoms with Gasteiger partial charge in [0.05, 0.1) is 19.6 Å². The van der Waals surface area contributed by atoms with Crippen molar-refractivity contribution >= 4 is 19.8 Å². The molecule has 0 rings (SSSR count). The third-order valence-corrected chi connectivity index (χ3v) is 8.94. The van der Waals surface area contributed by atoms with Crippen LogP contribution in [0.3, 0.4) is 0 Å². The van der Waals surface area contributed by atoms with Crippen molar-refractivity contribution in [1.29, 1.82) is 0 Å². The molecule has 0 fully saturated rings. The second-order valence-corrected chi connectivity index (χ2v) is 14.2. The molecule has 0 aliphatic rings. The van der Waals surface area contributed by atoms with Crippen LogP contribution in [0.15, 0.2) is 60.8 Å². The van der Waals surface area contributed by atoms with Crippen LogP contribution in [0.1, 0.15) is 155 Å². The fraction of sp³-hybridized carbons (Fsp3) is 0.707. The summed E-state index contributed by atoms with van der Waals surface area (Å²) in [6.07, 6.45) is 42.8. The minimum absolute atomic E-state index is 0.00243. The quantitative estimate of drug-likeness (QED) is 0.0279. The van der Waals surface area contributed by atoms with Crippen molar-refractivity contribution in [2.24, 2.45) is 5.73 Å². The Morgan fingerprint density at radius 1 is 0.608 bits per heavy atom. The highest BCUT2D eigenvalue weighted by molar-refractivity contribution is 7.47. The fourth-order valence-corrected chi connectivity index (χ4v) is 5.83. The number of phosphoric acid groups is 1. The maximum absolute atomic E-state index is 12.5. The third kappa shape index (κ3) is 37.3. The molecule has 0 aromatic carbocycles. The number of phosphoric ester groups is 1. The highest BCUT2D eigenvalue weighted by Crippen LogP contribution is 2.43. The molecule has 0 heterocycles. The Morgan fingerprint density at radius 2 is 1.06 bits per heavy atom. The third-order valence-electron chi connectivity index (χ3n) is 7.95. The van der Waals surface area contributed by atoms with Crippen LogP contribution in [0.25, 0.3) is 0 Å². The average molecular weight is 738 g/mol. The molecule has 0 amide bonds. The molecule has 294 valence electrons. The maximum Gasteiger partial charge on any atom is 0.472 e. The van der Waals surface area contributed by atoms with E-state index in [1.54, 1.807) is 6.08 Å². The van der Waals surface area contributed by atoms with E-state index in [1.165, 1.54) is 77.0 Å². The summed E-state index contributed by atoms with van der Waals surface area (Å²) in [6, 6.07) is 0. The van der Waals surface area contributed by atoms with Gasteiger partial charge in [0, 0.05) is 13.0 Å². The van der Waals surface area contributed by atoms with Crippen LogP contribution in [0.4, 0.5) is 0 Å². The van der Waals surface area contributed by atoms with E-state index in [-0.39, 0.29) is 32.6 Å². The Hall–Kier alpha value is -2.29. The highest BCUT2D eigenvalue weighted by Gasteiger charge is 2.25. The zero-order valence-electron chi connectivity index (χ0n) is 32.1. The van der Waals surface area contributed by atoms with Crippen LogP contribution in [0, 0.1) is 0 Å². The Kier molecular flexibility index (Phi) is 35.8. The van der Waals surface area contributed by atoms with Gasteiger partial charge in [-0.25, -0.2) is 4.57 Å². The first-order valence-electron chi connectivity index (χ1n) is 19.8. The van der Waals surface area contributed by atoms with E-state index >= 15 is 0 Å². The monoisotopic (exact) mass is 737 g/mol. The molecule has 3 N–H and O–H groups in total. The number of nitrogens with two attached hydrogens (primary N) is 1. The van der Waals surface area contributed by atoms with E-state index in [0.29, 0.717) is 6.42 Å². The number of hydrogen-bond donors (Lipinski definition) is 2. The molecule has 0 aromatic heterocycles. The van der Waals surface area contributed by atoms with E-state index in [4.69, 9.17) is 24.3 Å². The van der Waals surface area contributed by atoms with Gasteiger partial charge in [-0.2, -0.15) is 0 Å². The van der Waals surface area contributed by atoms with Gasteiger partial charge >= 0.3 is 19.8 Å². The topological polar surface area (TPSA) is 134 Å². The zero-order chi connectivity index (χ0) is 37.5. The smallest absolute Gasteiger partial charge is 0.462 e. The lowest BCUT2D eigenvalue weighted by Crippen LogP contribution is -2.29. The molecule has 0 aliphatic carbocycles. The van der Waals surface area contributed by atoms with Crippen molar-refractivity contribution in [3.8, 4) is 0 Å². The summed E-state index contributed by atoms with van der Waals surface area (Å²) in [7, 11) is -4.40. The first-order chi connectivity index (χ1) is 24.8. The molecule has 9 nitrogen and oxygen atoms in total. The first-order valence-corrected chi connectivity index (χ1v) is 21.3. The van der Waals surface area contributed by atoms with Gasteiger partial charge in [-0.15, -0.1) is 0 Å². The number of carbonyl (C=O) groups excluding carboxylic acids is 2. The van der Waals surface area contributed by atoms with Crippen molar-refractivity contribution in [2.45, 2.75) is 161 Å². The molecule has 0 bridgehead atoms. The van der Waals surface area contributed by atoms with E-state index in [2.05, 4.69) is 56.4 Å². The largest absolute Gasteiger partial charge is 0.472 e. The van der Waals surface area contributed by atoms with Crippen LogP contribution in [-0.4, -0.2) is 49.3 Å². The molecular formula is C41H72NO8P. The van der Waals surface area contributed by atoms with Gasteiger partial charge in [0.15, 0.2) is 6.10 Å². The Labute approximate surface area is 310 Å². The molecule has 0 radical (unpaired) electrons. The Balaban J connectivity index is 4.33. The predicted octanol–water partition coefficient (Wildman–Crippen LogP) is 10.9. The molecular weight excluding hydrogens is 665 g/mol.